The molecule has 0 spiro atoms. The standard InChI is InChI=1S/C14H12N2O2/c1-10(17)12-6-4-8-16-14(12)18-13-7-3-2-5-11(13)9-15/h2-8,10,17H,1H3/t10-/m0/s1. The zero-order chi connectivity index (χ0) is 13.0. The van der Waals surface area contributed by atoms with Gasteiger partial charge in [0.25, 0.3) is 0 Å². The van der Waals surface area contributed by atoms with Crippen molar-refractivity contribution in [2.45, 2.75) is 13.0 Å². The van der Waals surface area contributed by atoms with E-state index in [1.165, 1.54) is 0 Å². The second-order valence-corrected chi connectivity index (χ2v) is 3.78. The van der Waals surface area contributed by atoms with E-state index in [1.807, 2.05) is 6.07 Å². The monoisotopic (exact) mass is 240 g/mol. The summed E-state index contributed by atoms with van der Waals surface area (Å²) in [6.45, 7) is 1.64. The first kappa shape index (κ1) is 12.1. The van der Waals surface area contributed by atoms with Crippen molar-refractivity contribution >= 4 is 0 Å². The summed E-state index contributed by atoms with van der Waals surface area (Å²) in [6, 6.07) is 12.4. The highest BCUT2D eigenvalue weighted by Gasteiger charge is 2.12. The summed E-state index contributed by atoms with van der Waals surface area (Å²) in [7, 11) is 0. The van der Waals surface area contributed by atoms with Crippen LogP contribution < -0.4 is 4.74 Å². The lowest BCUT2D eigenvalue weighted by Gasteiger charge is -2.12. The van der Waals surface area contributed by atoms with Gasteiger partial charge in [-0.2, -0.15) is 5.26 Å². The molecule has 1 aromatic heterocycles. The Hall–Kier alpha value is -2.38. The predicted octanol–water partition coefficient (Wildman–Crippen LogP) is 2.80. The molecular weight excluding hydrogens is 228 g/mol. The van der Waals surface area contributed by atoms with Crippen LogP contribution in [-0.4, -0.2) is 10.1 Å². The number of rotatable bonds is 3. The van der Waals surface area contributed by atoms with Crippen LogP contribution in [0.1, 0.15) is 24.2 Å². The molecule has 0 aliphatic rings. The molecule has 0 amide bonds. The van der Waals surface area contributed by atoms with Gasteiger partial charge in [-0.3, -0.25) is 0 Å². The Morgan fingerprint density at radius 2 is 2.06 bits per heavy atom. The van der Waals surface area contributed by atoms with E-state index in [0.29, 0.717) is 22.8 Å². The number of hydrogen-bond acceptors (Lipinski definition) is 4. The zero-order valence-corrected chi connectivity index (χ0v) is 9.87. The lowest BCUT2D eigenvalue weighted by atomic mass is 10.2. The average Bonchev–Trinajstić information content (AvgIpc) is 2.40. The normalized spacial score (nSPS) is 11.6. The van der Waals surface area contributed by atoms with E-state index in [0.717, 1.165) is 0 Å². The second-order valence-electron chi connectivity index (χ2n) is 3.78. The SMILES string of the molecule is C[C@H](O)c1cccnc1Oc1ccccc1C#N. The van der Waals surface area contributed by atoms with Crippen molar-refractivity contribution in [2.75, 3.05) is 0 Å². The molecule has 4 nitrogen and oxygen atoms in total. The molecule has 0 saturated heterocycles. The van der Waals surface area contributed by atoms with E-state index < -0.39 is 6.10 Å². The van der Waals surface area contributed by atoms with E-state index in [4.69, 9.17) is 10.00 Å². The second kappa shape index (κ2) is 5.30. The van der Waals surface area contributed by atoms with E-state index in [9.17, 15) is 5.11 Å². The molecule has 18 heavy (non-hydrogen) atoms. The first-order valence-electron chi connectivity index (χ1n) is 5.52. The molecule has 0 radical (unpaired) electrons. The Kier molecular flexibility index (Phi) is 3.56. The van der Waals surface area contributed by atoms with Gasteiger partial charge in [0, 0.05) is 11.8 Å². The number of para-hydroxylation sites is 1. The van der Waals surface area contributed by atoms with Crippen molar-refractivity contribution in [3.8, 4) is 17.7 Å². The van der Waals surface area contributed by atoms with Gasteiger partial charge in [-0.25, -0.2) is 4.98 Å². The third kappa shape index (κ3) is 2.47. The minimum Gasteiger partial charge on any atom is -0.437 e. The van der Waals surface area contributed by atoms with Crippen LogP contribution in [0, 0.1) is 11.3 Å². The minimum atomic E-state index is -0.678. The van der Waals surface area contributed by atoms with Crippen LogP contribution in [-0.2, 0) is 0 Å². The lowest BCUT2D eigenvalue weighted by molar-refractivity contribution is 0.194. The highest BCUT2D eigenvalue weighted by Crippen LogP contribution is 2.28. The Labute approximate surface area is 105 Å². The van der Waals surface area contributed by atoms with Crippen molar-refractivity contribution in [1.29, 1.82) is 5.26 Å². The van der Waals surface area contributed by atoms with Crippen LogP contribution in [0.4, 0.5) is 0 Å². The van der Waals surface area contributed by atoms with Crippen molar-refractivity contribution in [2.24, 2.45) is 0 Å². The maximum absolute atomic E-state index is 9.62. The van der Waals surface area contributed by atoms with Crippen molar-refractivity contribution in [3.63, 3.8) is 0 Å². The smallest absolute Gasteiger partial charge is 0.225 e. The molecule has 0 unspecified atom stereocenters. The van der Waals surface area contributed by atoms with Gasteiger partial charge in [-0.15, -0.1) is 0 Å². The molecule has 1 N–H and O–H groups in total. The fraction of sp³-hybridized carbons (Fsp3) is 0.143. The van der Waals surface area contributed by atoms with Crippen molar-refractivity contribution in [3.05, 3.63) is 53.7 Å². The van der Waals surface area contributed by atoms with Crippen LogP contribution in [0.3, 0.4) is 0 Å². The number of nitriles is 1. The molecule has 4 heteroatoms. The summed E-state index contributed by atoms with van der Waals surface area (Å²) in [6.07, 6.45) is 0.902. The number of hydrogen-bond donors (Lipinski definition) is 1. The van der Waals surface area contributed by atoms with Crippen LogP contribution in [0.2, 0.25) is 0 Å². The molecule has 0 bridgehead atoms. The molecule has 0 fully saturated rings. The van der Waals surface area contributed by atoms with Crippen LogP contribution >= 0.6 is 0 Å². The molecule has 0 aliphatic heterocycles. The number of nitrogens with zero attached hydrogens (tertiary/aromatic N) is 2. The van der Waals surface area contributed by atoms with Gasteiger partial charge >= 0.3 is 0 Å². The van der Waals surface area contributed by atoms with E-state index in [2.05, 4.69) is 4.98 Å². The summed E-state index contributed by atoms with van der Waals surface area (Å²) < 4.78 is 5.60. The van der Waals surface area contributed by atoms with Gasteiger partial charge in [0.1, 0.15) is 11.8 Å². The molecular formula is C14H12N2O2. The first-order chi connectivity index (χ1) is 8.72. The summed E-state index contributed by atoms with van der Waals surface area (Å²) in [5.41, 5.74) is 1.02. The predicted molar refractivity (Wildman–Crippen MR) is 66.1 cm³/mol. The van der Waals surface area contributed by atoms with Crippen LogP contribution in [0.15, 0.2) is 42.6 Å². The van der Waals surface area contributed by atoms with Gasteiger partial charge < -0.3 is 9.84 Å². The number of aliphatic hydroxyl groups is 1. The quantitative estimate of drug-likeness (QED) is 0.895. The first-order valence-corrected chi connectivity index (χ1v) is 5.52. The molecule has 0 aliphatic carbocycles. The summed E-state index contributed by atoms with van der Waals surface area (Å²) in [5, 5.41) is 18.6. The average molecular weight is 240 g/mol. The van der Waals surface area contributed by atoms with Gasteiger partial charge in [0.2, 0.25) is 5.88 Å². The molecule has 1 aromatic carbocycles. The molecule has 1 atom stereocenters. The number of benzene rings is 1. The topological polar surface area (TPSA) is 66.1 Å². The van der Waals surface area contributed by atoms with Crippen LogP contribution in [0.25, 0.3) is 0 Å². The largest absolute Gasteiger partial charge is 0.437 e. The summed E-state index contributed by atoms with van der Waals surface area (Å²) in [4.78, 5) is 4.08. The summed E-state index contributed by atoms with van der Waals surface area (Å²) >= 11 is 0. The summed E-state index contributed by atoms with van der Waals surface area (Å²) in [5.74, 6) is 0.746. The molecule has 90 valence electrons. The van der Waals surface area contributed by atoms with E-state index in [-0.39, 0.29) is 0 Å². The van der Waals surface area contributed by atoms with Crippen molar-refractivity contribution in [1.82, 2.24) is 4.98 Å². The van der Waals surface area contributed by atoms with Crippen molar-refractivity contribution < 1.29 is 9.84 Å². The van der Waals surface area contributed by atoms with E-state index in [1.54, 1.807) is 49.5 Å². The minimum absolute atomic E-state index is 0.315. The number of pyridine rings is 1. The highest BCUT2D eigenvalue weighted by atomic mass is 16.5. The maximum Gasteiger partial charge on any atom is 0.225 e. The molecule has 0 saturated carbocycles. The van der Waals surface area contributed by atoms with Gasteiger partial charge in [0.05, 0.1) is 11.7 Å². The molecule has 2 aromatic rings. The zero-order valence-electron chi connectivity index (χ0n) is 9.87. The van der Waals surface area contributed by atoms with Gasteiger partial charge in [-0.1, -0.05) is 12.1 Å². The number of aromatic nitrogens is 1. The Morgan fingerprint density at radius 3 is 2.78 bits per heavy atom. The van der Waals surface area contributed by atoms with Gasteiger partial charge in [0.15, 0.2) is 0 Å². The van der Waals surface area contributed by atoms with Crippen LogP contribution in [0.5, 0.6) is 11.6 Å². The Balaban J connectivity index is 2.38. The maximum atomic E-state index is 9.62. The Morgan fingerprint density at radius 1 is 1.28 bits per heavy atom. The fourth-order valence-electron chi connectivity index (χ4n) is 1.56. The number of ether oxygens (including phenoxy) is 1. The molecule has 2 rings (SSSR count). The lowest BCUT2D eigenvalue weighted by Crippen LogP contribution is -1.98. The highest BCUT2D eigenvalue weighted by molar-refractivity contribution is 5.45. The van der Waals surface area contributed by atoms with Gasteiger partial charge in [-0.05, 0) is 31.2 Å². The third-order valence-corrected chi connectivity index (χ3v) is 2.46. The third-order valence-electron chi connectivity index (χ3n) is 2.46. The van der Waals surface area contributed by atoms with E-state index >= 15 is 0 Å². The molecule has 1 heterocycles. The Bertz CT molecular complexity index is 588. The fourth-order valence-corrected chi connectivity index (χ4v) is 1.56. The number of aliphatic hydroxyl groups excluding tert-OH is 1.